The molecule has 0 spiro atoms. The van der Waals surface area contributed by atoms with E-state index in [-0.39, 0.29) is 5.57 Å². The zero-order valence-corrected chi connectivity index (χ0v) is 9.25. The fourth-order valence-electron chi connectivity index (χ4n) is 0.957. The summed E-state index contributed by atoms with van der Waals surface area (Å²) in [6.07, 6.45) is 1.28. The lowest BCUT2D eigenvalue weighted by Gasteiger charge is -1.97. The molecule has 1 rings (SSSR count). The van der Waals surface area contributed by atoms with E-state index in [1.54, 1.807) is 16.8 Å². The Morgan fingerprint density at radius 1 is 1.47 bits per heavy atom. The molecule has 0 aliphatic rings. The van der Waals surface area contributed by atoms with Crippen LogP contribution in [0.3, 0.4) is 0 Å². The smallest absolute Gasteiger partial charge is 0.319 e. The molecule has 0 unspecified atom stereocenters. The highest BCUT2D eigenvalue weighted by Gasteiger charge is 2.11. The molecule has 17 heavy (non-hydrogen) atoms. The normalized spacial score (nSPS) is 10.1. The largest absolute Gasteiger partial charge is 0.351 e. The topological polar surface area (TPSA) is 120 Å². The number of carbonyl (C=O) groups excluding carboxylic acids is 2. The standard InChI is InChI=1S/C10H6N4O2S/c11-3-6-1-8(17-5-6)2-7(4-12)9(15)14-10(13)16/h1-2,5H,(H3,13,14,15,16)/b7-2-. The first-order chi connectivity index (χ1) is 8.06. The second-order valence-corrected chi connectivity index (χ2v) is 3.78. The van der Waals surface area contributed by atoms with Crippen molar-refractivity contribution in [2.75, 3.05) is 0 Å². The van der Waals surface area contributed by atoms with Crippen molar-refractivity contribution in [3.05, 3.63) is 27.5 Å². The zero-order chi connectivity index (χ0) is 12.8. The molecule has 3 amide bonds. The molecule has 7 heteroatoms. The molecule has 1 heterocycles. The minimum absolute atomic E-state index is 0.255. The molecular formula is C10H6N4O2S. The summed E-state index contributed by atoms with van der Waals surface area (Å²) < 4.78 is 0. The monoisotopic (exact) mass is 246 g/mol. The minimum Gasteiger partial charge on any atom is -0.351 e. The number of nitrogens with two attached hydrogens (primary N) is 1. The van der Waals surface area contributed by atoms with Crippen LogP contribution < -0.4 is 11.1 Å². The fourth-order valence-corrected chi connectivity index (χ4v) is 1.72. The summed E-state index contributed by atoms with van der Waals surface area (Å²) in [5, 5.41) is 20.7. The van der Waals surface area contributed by atoms with Crippen LogP contribution in [0.4, 0.5) is 4.79 Å². The van der Waals surface area contributed by atoms with E-state index in [4.69, 9.17) is 16.3 Å². The first-order valence-corrected chi connectivity index (χ1v) is 5.16. The number of nitrogens with zero attached hydrogens (tertiary/aromatic N) is 2. The predicted octanol–water partition coefficient (Wildman–Crippen LogP) is 0.722. The molecule has 3 N–H and O–H groups in total. The number of rotatable bonds is 2. The molecule has 6 nitrogen and oxygen atoms in total. The molecule has 0 aliphatic heterocycles. The van der Waals surface area contributed by atoms with Crippen LogP contribution >= 0.6 is 11.3 Å². The molecule has 0 bridgehead atoms. The van der Waals surface area contributed by atoms with Crippen molar-refractivity contribution in [2.45, 2.75) is 0 Å². The minimum atomic E-state index is -1.03. The lowest BCUT2D eigenvalue weighted by molar-refractivity contribution is -0.115. The quantitative estimate of drug-likeness (QED) is 0.590. The lowest BCUT2D eigenvalue weighted by Crippen LogP contribution is -2.35. The molecular weight excluding hydrogens is 240 g/mol. The van der Waals surface area contributed by atoms with Crippen molar-refractivity contribution in [2.24, 2.45) is 5.73 Å². The van der Waals surface area contributed by atoms with Gasteiger partial charge >= 0.3 is 6.03 Å². The maximum atomic E-state index is 11.3. The highest BCUT2D eigenvalue weighted by molar-refractivity contribution is 7.11. The molecule has 84 valence electrons. The van der Waals surface area contributed by atoms with Gasteiger partial charge in [0.2, 0.25) is 0 Å². The summed E-state index contributed by atoms with van der Waals surface area (Å²) in [4.78, 5) is 22.3. The number of amides is 3. The van der Waals surface area contributed by atoms with Gasteiger partial charge < -0.3 is 5.73 Å². The number of hydrogen-bond donors (Lipinski definition) is 2. The number of urea groups is 1. The van der Waals surface area contributed by atoms with Crippen LogP contribution in [0, 0.1) is 22.7 Å². The summed E-state index contributed by atoms with van der Waals surface area (Å²) in [6, 6.07) is 4.07. The third kappa shape index (κ3) is 3.45. The van der Waals surface area contributed by atoms with Crippen LogP contribution in [0.1, 0.15) is 10.4 Å². The van der Waals surface area contributed by atoms with Crippen LogP contribution in [-0.4, -0.2) is 11.9 Å². The van der Waals surface area contributed by atoms with E-state index in [9.17, 15) is 9.59 Å². The van der Waals surface area contributed by atoms with Crippen molar-refractivity contribution in [3.8, 4) is 12.1 Å². The van der Waals surface area contributed by atoms with Crippen LogP contribution in [0.15, 0.2) is 17.0 Å². The van der Waals surface area contributed by atoms with E-state index >= 15 is 0 Å². The Bertz CT molecular complexity index is 574. The SMILES string of the molecule is N#C/C(=C/c1cc(C#N)cs1)C(=O)NC(N)=O. The molecule has 1 aromatic heterocycles. The maximum absolute atomic E-state index is 11.3. The molecule has 0 aliphatic carbocycles. The fraction of sp³-hybridized carbons (Fsp3) is 0. The number of hydrogen-bond acceptors (Lipinski definition) is 5. The van der Waals surface area contributed by atoms with Gasteiger partial charge in [0.1, 0.15) is 17.7 Å². The molecule has 1 aromatic rings. The third-order valence-corrected chi connectivity index (χ3v) is 2.52. The summed E-state index contributed by atoms with van der Waals surface area (Å²) in [6.45, 7) is 0. The van der Waals surface area contributed by atoms with E-state index in [0.29, 0.717) is 10.4 Å². The van der Waals surface area contributed by atoms with Gasteiger partial charge in [0, 0.05) is 10.3 Å². The Morgan fingerprint density at radius 2 is 2.18 bits per heavy atom. The number of primary amides is 1. The molecule has 0 radical (unpaired) electrons. The Kier molecular flexibility index (Phi) is 3.98. The van der Waals surface area contributed by atoms with Gasteiger partial charge in [-0.1, -0.05) is 0 Å². The van der Waals surface area contributed by atoms with E-state index in [0.717, 1.165) is 0 Å². The van der Waals surface area contributed by atoms with E-state index in [1.165, 1.54) is 23.5 Å². The second kappa shape index (κ2) is 5.45. The summed E-state index contributed by atoms with van der Waals surface area (Å²) in [7, 11) is 0. The van der Waals surface area contributed by atoms with Crippen molar-refractivity contribution in [1.29, 1.82) is 10.5 Å². The average molecular weight is 246 g/mol. The molecule has 0 saturated heterocycles. The third-order valence-electron chi connectivity index (χ3n) is 1.64. The molecule has 0 aromatic carbocycles. The predicted molar refractivity (Wildman–Crippen MR) is 60.4 cm³/mol. The van der Waals surface area contributed by atoms with E-state index in [1.807, 2.05) is 6.07 Å². The summed E-state index contributed by atoms with van der Waals surface area (Å²) in [5.74, 6) is -0.869. The van der Waals surface area contributed by atoms with Gasteiger partial charge in [-0.3, -0.25) is 10.1 Å². The first kappa shape index (κ1) is 12.4. The van der Waals surface area contributed by atoms with Crippen LogP contribution in [0.2, 0.25) is 0 Å². The lowest BCUT2D eigenvalue weighted by atomic mass is 10.2. The van der Waals surface area contributed by atoms with Crippen LogP contribution in [0.25, 0.3) is 6.08 Å². The van der Waals surface area contributed by atoms with Crippen molar-refractivity contribution in [1.82, 2.24) is 5.32 Å². The van der Waals surface area contributed by atoms with Crippen molar-refractivity contribution >= 4 is 29.4 Å². The van der Waals surface area contributed by atoms with Gasteiger partial charge in [0.05, 0.1) is 5.56 Å². The average Bonchev–Trinajstić information content (AvgIpc) is 2.72. The van der Waals surface area contributed by atoms with E-state index in [2.05, 4.69) is 0 Å². The summed E-state index contributed by atoms with van der Waals surface area (Å²) >= 11 is 1.21. The zero-order valence-electron chi connectivity index (χ0n) is 8.43. The number of imide groups is 1. The Morgan fingerprint density at radius 3 is 2.65 bits per heavy atom. The summed E-state index contributed by atoms with van der Waals surface area (Å²) in [5.41, 5.74) is 4.94. The number of thiophene rings is 1. The molecule has 0 fully saturated rings. The van der Waals surface area contributed by atoms with Gasteiger partial charge in [-0.15, -0.1) is 11.3 Å². The number of nitrogens with one attached hydrogen (secondary N) is 1. The number of nitriles is 2. The van der Waals surface area contributed by atoms with Crippen molar-refractivity contribution < 1.29 is 9.59 Å². The number of carbonyl (C=O) groups is 2. The Labute approximate surface area is 101 Å². The first-order valence-electron chi connectivity index (χ1n) is 4.28. The molecule has 0 saturated carbocycles. The van der Waals surface area contributed by atoms with Crippen LogP contribution in [0.5, 0.6) is 0 Å². The maximum Gasteiger partial charge on any atom is 0.319 e. The Hall–Kier alpha value is -2.64. The van der Waals surface area contributed by atoms with Gasteiger partial charge in [0.25, 0.3) is 5.91 Å². The van der Waals surface area contributed by atoms with E-state index < -0.39 is 11.9 Å². The molecule has 0 atom stereocenters. The highest BCUT2D eigenvalue weighted by atomic mass is 32.1. The van der Waals surface area contributed by atoms with Gasteiger partial charge in [-0.25, -0.2) is 4.79 Å². The van der Waals surface area contributed by atoms with Gasteiger partial charge in [-0.2, -0.15) is 10.5 Å². The highest BCUT2D eigenvalue weighted by Crippen LogP contribution is 2.17. The second-order valence-electron chi connectivity index (χ2n) is 2.84. The van der Waals surface area contributed by atoms with Gasteiger partial charge in [-0.05, 0) is 12.1 Å². The van der Waals surface area contributed by atoms with Gasteiger partial charge in [0.15, 0.2) is 0 Å². The van der Waals surface area contributed by atoms with Crippen molar-refractivity contribution in [3.63, 3.8) is 0 Å². The Balaban J connectivity index is 2.95. The van der Waals surface area contributed by atoms with Crippen LogP contribution in [-0.2, 0) is 4.79 Å².